The van der Waals surface area contributed by atoms with Crippen LogP contribution in [0.4, 0.5) is 4.39 Å². The van der Waals surface area contributed by atoms with E-state index in [1.807, 2.05) is 0 Å². The van der Waals surface area contributed by atoms with Crippen LogP contribution in [0, 0.1) is 5.82 Å². The normalized spacial score (nSPS) is 11.4. The van der Waals surface area contributed by atoms with Crippen LogP contribution in [-0.4, -0.2) is 39.3 Å². The minimum atomic E-state index is -3.63. The summed E-state index contributed by atoms with van der Waals surface area (Å²) in [5, 5.41) is 2.64. The fourth-order valence-electron chi connectivity index (χ4n) is 2.43. The number of rotatable bonds is 9. The average Bonchev–Trinajstić information content (AvgIpc) is 2.67. The Kier molecular flexibility index (Phi) is 7.32. The number of sulfonamides is 1. The minimum absolute atomic E-state index is 0.103. The number of methoxy groups -OCH3 is 1. The van der Waals surface area contributed by atoms with Gasteiger partial charge in [0.15, 0.2) is 0 Å². The quantitative estimate of drug-likeness (QED) is 0.709. The van der Waals surface area contributed by atoms with Crippen LogP contribution in [0.15, 0.2) is 53.4 Å². The summed E-state index contributed by atoms with van der Waals surface area (Å²) in [6.45, 7) is 0.299. The molecule has 0 aliphatic heterocycles. The molecule has 0 saturated carbocycles. The van der Waals surface area contributed by atoms with Gasteiger partial charge in [-0.15, -0.1) is 0 Å². The molecule has 0 aliphatic carbocycles. The second-order valence-corrected chi connectivity index (χ2v) is 8.02. The van der Waals surface area contributed by atoms with Crippen molar-refractivity contribution >= 4 is 15.9 Å². The first-order valence-corrected chi connectivity index (χ1v) is 9.89. The predicted molar refractivity (Wildman–Crippen MR) is 100 cm³/mol. The van der Waals surface area contributed by atoms with Gasteiger partial charge in [-0.25, -0.2) is 17.1 Å². The van der Waals surface area contributed by atoms with Gasteiger partial charge in [-0.05, 0) is 36.8 Å². The molecule has 0 radical (unpaired) electrons. The molecular formula is C19H23FN2O4S. The number of halogens is 1. The number of nitrogens with zero attached hydrogens (tertiary/aromatic N) is 1. The predicted octanol–water partition coefficient (Wildman–Crippen LogP) is 2.55. The molecule has 2 aromatic rings. The number of ether oxygens (including phenoxy) is 1. The molecule has 1 N–H and O–H groups in total. The second kappa shape index (κ2) is 9.48. The van der Waals surface area contributed by atoms with Crippen LogP contribution in [-0.2, 0) is 21.4 Å². The zero-order chi connectivity index (χ0) is 19.9. The number of amides is 1. The van der Waals surface area contributed by atoms with Crippen LogP contribution < -0.4 is 10.1 Å². The van der Waals surface area contributed by atoms with E-state index in [1.54, 1.807) is 30.3 Å². The molecule has 2 rings (SSSR count). The van der Waals surface area contributed by atoms with E-state index < -0.39 is 10.0 Å². The molecule has 6 nitrogen and oxygen atoms in total. The van der Waals surface area contributed by atoms with E-state index in [2.05, 4.69) is 5.32 Å². The maximum Gasteiger partial charge on any atom is 0.242 e. The third-order valence-electron chi connectivity index (χ3n) is 4.08. The summed E-state index contributed by atoms with van der Waals surface area (Å²) < 4.78 is 44.7. The molecule has 0 bridgehead atoms. The van der Waals surface area contributed by atoms with Crippen molar-refractivity contribution in [1.82, 2.24) is 9.62 Å². The van der Waals surface area contributed by atoms with Crippen molar-refractivity contribution in [3.63, 3.8) is 0 Å². The lowest BCUT2D eigenvalue weighted by molar-refractivity contribution is -0.121. The van der Waals surface area contributed by atoms with Crippen LogP contribution in [0.1, 0.15) is 18.4 Å². The fraction of sp³-hybridized carbons (Fsp3) is 0.316. The number of hydrogen-bond acceptors (Lipinski definition) is 4. The molecule has 0 heterocycles. The van der Waals surface area contributed by atoms with Gasteiger partial charge in [-0.2, -0.15) is 0 Å². The standard InChI is InChI=1S/C19H23FN2O4S/c1-22(27(24,25)17-11-9-16(26-2)10-12-17)13-5-8-19(23)21-14-15-6-3-4-7-18(15)20/h3-4,6-7,9-12H,5,8,13-14H2,1-2H3,(H,21,23). The van der Waals surface area contributed by atoms with Gasteiger partial charge in [0.05, 0.1) is 12.0 Å². The van der Waals surface area contributed by atoms with Gasteiger partial charge in [0.1, 0.15) is 11.6 Å². The summed E-state index contributed by atoms with van der Waals surface area (Å²) in [5.74, 6) is -0.0558. The van der Waals surface area contributed by atoms with Gasteiger partial charge in [-0.1, -0.05) is 18.2 Å². The summed E-state index contributed by atoms with van der Waals surface area (Å²) in [7, 11) is -0.650. The van der Waals surface area contributed by atoms with E-state index in [1.165, 1.54) is 36.7 Å². The molecule has 0 unspecified atom stereocenters. The Bertz CT molecular complexity index is 870. The first-order chi connectivity index (χ1) is 12.8. The largest absolute Gasteiger partial charge is 0.497 e. The molecule has 0 saturated heterocycles. The molecule has 0 aromatic heterocycles. The van der Waals surface area contributed by atoms with Gasteiger partial charge in [0, 0.05) is 32.1 Å². The maximum atomic E-state index is 13.5. The highest BCUT2D eigenvalue weighted by molar-refractivity contribution is 7.89. The van der Waals surface area contributed by atoms with Crippen LogP contribution >= 0.6 is 0 Å². The molecule has 0 spiro atoms. The molecule has 1 amide bonds. The molecule has 2 aromatic carbocycles. The van der Waals surface area contributed by atoms with Crippen molar-refractivity contribution in [3.05, 3.63) is 59.9 Å². The van der Waals surface area contributed by atoms with E-state index in [-0.39, 0.29) is 36.1 Å². The van der Waals surface area contributed by atoms with Crippen molar-refractivity contribution < 1.29 is 22.3 Å². The Morgan fingerprint density at radius 3 is 2.44 bits per heavy atom. The van der Waals surface area contributed by atoms with Gasteiger partial charge in [0.25, 0.3) is 0 Å². The lowest BCUT2D eigenvalue weighted by Crippen LogP contribution is -2.29. The molecule has 0 fully saturated rings. The zero-order valence-electron chi connectivity index (χ0n) is 15.3. The van der Waals surface area contributed by atoms with Crippen LogP contribution in [0.2, 0.25) is 0 Å². The van der Waals surface area contributed by atoms with Gasteiger partial charge < -0.3 is 10.1 Å². The Morgan fingerprint density at radius 2 is 1.81 bits per heavy atom. The first kappa shape index (κ1) is 20.9. The third kappa shape index (κ3) is 5.77. The summed E-state index contributed by atoms with van der Waals surface area (Å²) in [5.41, 5.74) is 0.407. The Morgan fingerprint density at radius 1 is 1.15 bits per heavy atom. The SMILES string of the molecule is COc1ccc(S(=O)(=O)N(C)CCCC(=O)NCc2ccccc2F)cc1. The van der Waals surface area contributed by atoms with E-state index in [9.17, 15) is 17.6 Å². The smallest absolute Gasteiger partial charge is 0.242 e. The number of nitrogens with one attached hydrogen (secondary N) is 1. The van der Waals surface area contributed by atoms with Crippen molar-refractivity contribution in [3.8, 4) is 5.75 Å². The summed E-state index contributed by atoms with van der Waals surface area (Å²) >= 11 is 0. The van der Waals surface area contributed by atoms with Crippen LogP contribution in [0.25, 0.3) is 0 Å². The van der Waals surface area contributed by atoms with Crippen molar-refractivity contribution in [2.75, 3.05) is 20.7 Å². The minimum Gasteiger partial charge on any atom is -0.497 e. The monoisotopic (exact) mass is 394 g/mol. The molecule has 0 aliphatic rings. The molecule has 146 valence electrons. The third-order valence-corrected chi connectivity index (χ3v) is 5.95. The van der Waals surface area contributed by atoms with Crippen molar-refractivity contribution in [1.29, 1.82) is 0 Å². The van der Waals surface area contributed by atoms with Gasteiger partial charge in [-0.3, -0.25) is 4.79 Å². The Hall–Kier alpha value is -2.45. The van der Waals surface area contributed by atoms with Crippen LogP contribution in [0.3, 0.4) is 0 Å². The fourth-order valence-corrected chi connectivity index (χ4v) is 3.64. The zero-order valence-corrected chi connectivity index (χ0v) is 16.1. The van der Waals surface area contributed by atoms with Gasteiger partial charge >= 0.3 is 0 Å². The topological polar surface area (TPSA) is 75.7 Å². The maximum absolute atomic E-state index is 13.5. The number of carbonyl (C=O) groups excluding carboxylic acids is 1. The number of carbonyl (C=O) groups is 1. The van der Waals surface area contributed by atoms with E-state index >= 15 is 0 Å². The molecule has 0 atom stereocenters. The van der Waals surface area contributed by atoms with Crippen molar-refractivity contribution in [2.24, 2.45) is 0 Å². The molecule has 8 heteroatoms. The van der Waals surface area contributed by atoms with E-state index in [0.29, 0.717) is 17.7 Å². The summed E-state index contributed by atoms with van der Waals surface area (Å²) in [6.07, 6.45) is 0.506. The second-order valence-electron chi connectivity index (χ2n) is 5.97. The lowest BCUT2D eigenvalue weighted by Gasteiger charge is -2.17. The van der Waals surface area contributed by atoms with Gasteiger partial charge in [0.2, 0.25) is 15.9 Å². The van der Waals surface area contributed by atoms with E-state index in [0.717, 1.165) is 0 Å². The van der Waals surface area contributed by atoms with Crippen LogP contribution in [0.5, 0.6) is 5.75 Å². The summed E-state index contributed by atoms with van der Waals surface area (Å²) in [4.78, 5) is 12.0. The average molecular weight is 394 g/mol. The first-order valence-electron chi connectivity index (χ1n) is 8.45. The Balaban J connectivity index is 1.81. The number of hydrogen-bond donors (Lipinski definition) is 1. The Labute approximate surface area is 159 Å². The highest BCUT2D eigenvalue weighted by Crippen LogP contribution is 2.18. The van der Waals surface area contributed by atoms with Crippen molar-refractivity contribution in [2.45, 2.75) is 24.3 Å². The van der Waals surface area contributed by atoms with E-state index in [4.69, 9.17) is 4.74 Å². The number of benzene rings is 2. The molecule has 27 heavy (non-hydrogen) atoms. The highest BCUT2D eigenvalue weighted by atomic mass is 32.2. The highest BCUT2D eigenvalue weighted by Gasteiger charge is 2.20. The molecular weight excluding hydrogens is 371 g/mol. The lowest BCUT2D eigenvalue weighted by atomic mass is 10.2. The summed E-state index contributed by atoms with van der Waals surface area (Å²) in [6, 6.07) is 12.3.